The maximum Gasteiger partial charge on any atom is 0.262 e. The van der Waals surface area contributed by atoms with Crippen LogP contribution in [0.1, 0.15) is 16.7 Å². The molecule has 2 N–H and O–H groups in total. The van der Waals surface area contributed by atoms with E-state index in [0.29, 0.717) is 23.1 Å². The maximum absolute atomic E-state index is 12.2. The molecule has 30 heavy (non-hydrogen) atoms. The van der Waals surface area contributed by atoms with Crippen LogP contribution in [0.4, 0.5) is 11.4 Å². The van der Waals surface area contributed by atoms with Crippen LogP contribution in [0.3, 0.4) is 0 Å². The van der Waals surface area contributed by atoms with Crippen LogP contribution in [0.15, 0.2) is 60.7 Å². The number of ether oxygens (including phenoxy) is 2. The number of amides is 1. The highest BCUT2D eigenvalue weighted by Crippen LogP contribution is 2.28. The lowest BCUT2D eigenvalue weighted by atomic mass is 10.1. The van der Waals surface area contributed by atoms with Crippen molar-refractivity contribution < 1.29 is 14.3 Å². The van der Waals surface area contributed by atoms with Crippen molar-refractivity contribution in [2.75, 3.05) is 24.4 Å². The van der Waals surface area contributed by atoms with Crippen LogP contribution >= 0.6 is 11.6 Å². The lowest BCUT2D eigenvalue weighted by Gasteiger charge is -2.13. The molecule has 0 aliphatic heterocycles. The van der Waals surface area contributed by atoms with Gasteiger partial charge in [0.25, 0.3) is 5.91 Å². The number of anilines is 2. The minimum atomic E-state index is -0.228. The van der Waals surface area contributed by atoms with Crippen molar-refractivity contribution in [3.63, 3.8) is 0 Å². The molecule has 6 heteroatoms. The van der Waals surface area contributed by atoms with E-state index in [4.69, 9.17) is 21.1 Å². The van der Waals surface area contributed by atoms with E-state index in [0.717, 1.165) is 22.5 Å². The molecule has 0 aliphatic carbocycles. The second-order valence-corrected chi connectivity index (χ2v) is 7.42. The van der Waals surface area contributed by atoms with E-state index in [2.05, 4.69) is 10.6 Å². The van der Waals surface area contributed by atoms with Gasteiger partial charge in [-0.05, 0) is 79.1 Å². The Morgan fingerprint density at radius 3 is 2.33 bits per heavy atom. The molecule has 0 spiro atoms. The summed E-state index contributed by atoms with van der Waals surface area (Å²) < 4.78 is 11.1. The first-order valence-electron chi connectivity index (χ1n) is 9.61. The quantitative estimate of drug-likeness (QED) is 0.494. The van der Waals surface area contributed by atoms with Crippen molar-refractivity contribution in [3.05, 3.63) is 82.4 Å². The standard InChI is InChI=1S/C24H25ClN2O3/c1-16-4-8-21(12-17(16)2)27-24(28)15-30-22-11-5-18(13-23(22)29-3)14-26-20-9-6-19(25)7-10-20/h4-13,26H,14-15H2,1-3H3,(H,27,28). The number of aryl methyl sites for hydroxylation is 2. The van der Waals surface area contributed by atoms with Gasteiger partial charge in [-0.15, -0.1) is 0 Å². The van der Waals surface area contributed by atoms with Crippen LogP contribution in [-0.2, 0) is 11.3 Å². The van der Waals surface area contributed by atoms with Crippen molar-refractivity contribution in [3.8, 4) is 11.5 Å². The molecule has 3 rings (SSSR count). The van der Waals surface area contributed by atoms with Gasteiger partial charge in [-0.1, -0.05) is 23.7 Å². The normalized spacial score (nSPS) is 10.4. The highest BCUT2D eigenvalue weighted by atomic mass is 35.5. The van der Waals surface area contributed by atoms with Crippen molar-refractivity contribution >= 4 is 28.9 Å². The minimum Gasteiger partial charge on any atom is -0.493 e. The fourth-order valence-corrected chi connectivity index (χ4v) is 3.00. The summed E-state index contributed by atoms with van der Waals surface area (Å²) >= 11 is 5.91. The zero-order valence-electron chi connectivity index (χ0n) is 17.3. The molecule has 5 nitrogen and oxygen atoms in total. The SMILES string of the molecule is COc1cc(CNc2ccc(Cl)cc2)ccc1OCC(=O)Nc1ccc(C)c(C)c1. The molecule has 0 atom stereocenters. The van der Waals surface area contributed by atoms with Gasteiger partial charge in [-0.3, -0.25) is 4.79 Å². The second-order valence-electron chi connectivity index (χ2n) is 6.98. The Morgan fingerprint density at radius 2 is 1.63 bits per heavy atom. The Morgan fingerprint density at radius 1 is 0.900 bits per heavy atom. The minimum absolute atomic E-state index is 0.106. The summed E-state index contributed by atoms with van der Waals surface area (Å²) in [5.74, 6) is 0.862. The number of hydrogen-bond acceptors (Lipinski definition) is 4. The predicted molar refractivity (Wildman–Crippen MR) is 122 cm³/mol. The average molecular weight is 425 g/mol. The lowest BCUT2D eigenvalue weighted by molar-refractivity contribution is -0.118. The van der Waals surface area contributed by atoms with Gasteiger partial charge in [-0.25, -0.2) is 0 Å². The molecule has 0 fully saturated rings. The van der Waals surface area contributed by atoms with Gasteiger partial charge in [-0.2, -0.15) is 0 Å². The first-order valence-corrected chi connectivity index (χ1v) is 9.98. The molecule has 0 bridgehead atoms. The Bertz CT molecular complexity index is 1020. The zero-order chi connectivity index (χ0) is 21.5. The number of halogens is 1. The van der Waals surface area contributed by atoms with E-state index in [1.165, 1.54) is 5.56 Å². The monoisotopic (exact) mass is 424 g/mol. The van der Waals surface area contributed by atoms with Crippen molar-refractivity contribution in [1.82, 2.24) is 0 Å². The van der Waals surface area contributed by atoms with Crippen LogP contribution < -0.4 is 20.1 Å². The number of nitrogens with one attached hydrogen (secondary N) is 2. The fraction of sp³-hybridized carbons (Fsp3) is 0.208. The van der Waals surface area contributed by atoms with E-state index < -0.39 is 0 Å². The highest BCUT2D eigenvalue weighted by Gasteiger charge is 2.10. The number of carbonyl (C=O) groups is 1. The average Bonchev–Trinajstić information content (AvgIpc) is 2.74. The molecule has 0 saturated heterocycles. The second kappa shape index (κ2) is 10.0. The Kier molecular flexibility index (Phi) is 7.20. The van der Waals surface area contributed by atoms with Crippen LogP contribution in [0.2, 0.25) is 5.02 Å². The molecular formula is C24H25ClN2O3. The van der Waals surface area contributed by atoms with Gasteiger partial charge in [0, 0.05) is 22.9 Å². The van der Waals surface area contributed by atoms with Crippen molar-refractivity contribution in [1.29, 1.82) is 0 Å². The topological polar surface area (TPSA) is 59.6 Å². The molecule has 0 aromatic heterocycles. The maximum atomic E-state index is 12.2. The first-order chi connectivity index (χ1) is 14.4. The van der Waals surface area contributed by atoms with Gasteiger partial charge in [0.15, 0.2) is 18.1 Å². The summed E-state index contributed by atoms with van der Waals surface area (Å²) in [7, 11) is 1.58. The van der Waals surface area contributed by atoms with Crippen molar-refractivity contribution in [2.45, 2.75) is 20.4 Å². The molecule has 0 unspecified atom stereocenters. The Balaban J connectivity index is 1.56. The summed E-state index contributed by atoms with van der Waals surface area (Å²) in [6, 6.07) is 18.9. The third-order valence-electron chi connectivity index (χ3n) is 4.72. The number of hydrogen-bond donors (Lipinski definition) is 2. The summed E-state index contributed by atoms with van der Waals surface area (Å²) in [4.78, 5) is 12.2. The van der Waals surface area contributed by atoms with Crippen LogP contribution in [0.5, 0.6) is 11.5 Å². The van der Waals surface area contributed by atoms with E-state index in [9.17, 15) is 4.79 Å². The predicted octanol–water partition coefficient (Wildman–Crippen LogP) is 5.60. The third kappa shape index (κ3) is 5.91. The smallest absolute Gasteiger partial charge is 0.262 e. The molecule has 3 aromatic carbocycles. The number of rotatable bonds is 8. The number of benzene rings is 3. The van der Waals surface area contributed by atoms with E-state index in [1.54, 1.807) is 13.2 Å². The van der Waals surface area contributed by atoms with E-state index in [1.807, 2.05) is 68.4 Å². The molecule has 0 aliphatic rings. The van der Waals surface area contributed by atoms with E-state index >= 15 is 0 Å². The Labute approximate surface area is 182 Å². The van der Waals surface area contributed by atoms with Crippen LogP contribution in [0.25, 0.3) is 0 Å². The molecule has 0 saturated carbocycles. The molecule has 0 heterocycles. The fourth-order valence-electron chi connectivity index (χ4n) is 2.87. The Hall–Kier alpha value is -3.18. The third-order valence-corrected chi connectivity index (χ3v) is 4.97. The zero-order valence-corrected chi connectivity index (χ0v) is 18.0. The van der Waals surface area contributed by atoms with Gasteiger partial charge >= 0.3 is 0 Å². The summed E-state index contributed by atoms with van der Waals surface area (Å²) in [6.07, 6.45) is 0. The summed E-state index contributed by atoms with van der Waals surface area (Å²) in [5, 5.41) is 6.87. The molecule has 156 valence electrons. The van der Waals surface area contributed by atoms with Crippen LogP contribution in [-0.4, -0.2) is 19.6 Å². The van der Waals surface area contributed by atoms with Crippen LogP contribution in [0, 0.1) is 13.8 Å². The molecule has 1 amide bonds. The number of methoxy groups -OCH3 is 1. The molecule has 0 radical (unpaired) electrons. The summed E-state index contributed by atoms with van der Waals surface area (Å²) in [6.45, 7) is 4.55. The van der Waals surface area contributed by atoms with Gasteiger partial charge in [0.1, 0.15) is 0 Å². The van der Waals surface area contributed by atoms with Gasteiger partial charge in [0.05, 0.1) is 7.11 Å². The van der Waals surface area contributed by atoms with Gasteiger partial charge in [0.2, 0.25) is 0 Å². The van der Waals surface area contributed by atoms with E-state index in [-0.39, 0.29) is 12.5 Å². The summed E-state index contributed by atoms with van der Waals surface area (Å²) in [5.41, 5.74) is 5.05. The van der Waals surface area contributed by atoms with Crippen molar-refractivity contribution in [2.24, 2.45) is 0 Å². The van der Waals surface area contributed by atoms with Gasteiger partial charge < -0.3 is 20.1 Å². The largest absolute Gasteiger partial charge is 0.493 e. The number of carbonyl (C=O) groups excluding carboxylic acids is 1. The molecular weight excluding hydrogens is 400 g/mol. The molecule has 3 aromatic rings. The highest BCUT2D eigenvalue weighted by molar-refractivity contribution is 6.30. The lowest BCUT2D eigenvalue weighted by Crippen LogP contribution is -2.20. The first kappa shape index (κ1) is 21.5.